The quantitative estimate of drug-likeness (QED) is 0.660. The average Bonchev–Trinajstić information content (AvgIpc) is 2.62. The summed E-state index contributed by atoms with van der Waals surface area (Å²) in [6.07, 6.45) is 9.07. The van der Waals surface area contributed by atoms with Crippen molar-refractivity contribution in [2.24, 2.45) is 23.2 Å². The molecule has 0 aromatic heterocycles. The fourth-order valence-corrected chi connectivity index (χ4v) is 7.54. The lowest BCUT2D eigenvalue weighted by Crippen LogP contribution is -2.47. The Bertz CT molecular complexity index is 769. The van der Waals surface area contributed by atoms with Gasteiger partial charge in [-0.15, -0.1) is 0 Å². The highest BCUT2D eigenvalue weighted by Gasteiger charge is 2.50. The largest absolute Gasteiger partial charge is 0.494 e. The minimum absolute atomic E-state index is 0.172. The van der Waals surface area contributed by atoms with Gasteiger partial charge < -0.3 is 9.47 Å². The van der Waals surface area contributed by atoms with Crippen molar-refractivity contribution in [3.63, 3.8) is 0 Å². The van der Waals surface area contributed by atoms with Gasteiger partial charge in [-0.1, -0.05) is 0 Å². The molecule has 4 fully saturated rings. The van der Waals surface area contributed by atoms with E-state index in [9.17, 15) is 8.42 Å². The van der Waals surface area contributed by atoms with Crippen LogP contribution in [-0.4, -0.2) is 28.2 Å². The molecule has 0 saturated heterocycles. The van der Waals surface area contributed by atoms with Gasteiger partial charge in [0.15, 0.2) is 0 Å². The summed E-state index contributed by atoms with van der Waals surface area (Å²) in [7, 11) is -3.64. The van der Waals surface area contributed by atoms with E-state index in [2.05, 4.69) is 4.72 Å². The SMILES string of the molecule is CCOc1ccc(OCC)c(S(=O)(=O)NCCC23CC4CC(CC(C4)C2)C3)c1. The van der Waals surface area contributed by atoms with Gasteiger partial charge in [-0.25, -0.2) is 13.1 Å². The van der Waals surface area contributed by atoms with Crippen LogP contribution in [0.5, 0.6) is 11.5 Å². The highest BCUT2D eigenvalue weighted by Crippen LogP contribution is 2.61. The Kier molecular flexibility index (Phi) is 5.62. The highest BCUT2D eigenvalue weighted by molar-refractivity contribution is 7.89. The lowest BCUT2D eigenvalue weighted by atomic mass is 9.49. The zero-order chi connectivity index (χ0) is 19.8. The van der Waals surface area contributed by atoms with E-state index in [4.69, 9.17) is 9.47 Å². The summed E-state index contributed by atoms with van der Waals surface area (Å²) in [4.78, 5) is 0.172. The third-order valence-corrected chi connectivity index (χ3v) is 8.41. The molecule has 1 aromatic carbocycles. The Morgan fingerprint density at radius 1 is 1.00 bits per heavy atom. The first-order chi connectivity index (χ1) is 13.4. The number of rotatable bonds is 9. The Morgan fingerprint density at radius 2 is 1.61 bits per heavy atom. The van der Waals surface area contributed by atoms with Crippen molar-refractivity contribution in [2.75, 3.05) is 19.8 Å². The Balaban J connectivity index is 1.45. The highest BCUT2D eigenvalue weighted by atomic mass is 32.2. The topological polar surface area (TPSA) is 64.6 Å². The normalized spacial score (nSPS) is 31.1. The number of ether oxygens (including phenoxy) is 2. The van der Waals surface area contributed by atoms with Crippen LogP contribution >= 0.6 is 0 Å². The minimum atomic E-state index is -3.64. The number of benzene rings is 1. The fourth-order valence-electron chi connectivity index (χ4n) is 6.35. The third kappa shape index (κ3) is 4.04. The summed E-state index contributed by atoms with van der Waals surface area (Å²) in [5.74, 6) is 3.58. The summed E-state index contributed by atoms with van der Waals surface area (Å²) >= 11 is 0. The van der Waals surface area contributed by atoms with Gasteiger partial charge in [-0.3, -0.25) is 0 Å². The lowest BCUT2D eigenvalue weighted by molar-refractivity contribution is -0.0561. The molecule has 0 aliphatic heterocycles. The molecule has 0 atom stereocenters. The monoisotopic (exact) mass is 407 g/mol. The average molecular weight is 408 g/mol. The zero-order valence-electron chi connectivity index (χ0n) is 17.1. The van der Waals surface area contributed by atoms with E-state index < -0.39 is 10.0 Å². The maximum absolute atomic E-state index is 13.0. The van der Waals surface area contributed by atoms with Crippen LogP contribution in [0.2, 0.25) is 0 Å². The smallest absolute Gasteiger partial charge is 0.244 e. The van der Waals surface area contributed by atoms with Crippen LogP contribution < -0.4 is 14.2 Å². The molecular weight excluding hydrogens is 374 g/mol. The first-order valence-electron chi connectivity index (χ1n) is 10.8. The zero-order valence-corrected chi connectivity index (χ0v) is 17.9. The summed E-state index contributed by atoms with van der Waals surface area (Å²) in [6, 6.07) is 5.01. The van der Waals surface area contributed by atoms with Crippen molar-refractivity contribution in [3.05, 3.63) is 18.2 Å². The first-order valence-corrected chi connectivity index (χ1v) is 12.3. The number of nitrogens with one attached hydrogen (secondary N) is 1. The van der Waals surface area contributed by atoms with Crippen molar-refractivity contribution < 1.29 is 17.9 Å². The van der Waals surface area contributed by atoms with E-state index in [0.29, 0.717) is 36.7 Å². The van der Waals surface area contributed by atoms with Crippen LogP contribution in [0.25, 0.3) is 0 Å². The second-order valence-electron chi connectivity index (χ2n) is 9.04. The summed E-state index contributed by atoms with van der Waals surface area (Å²) in [6.45, 7) is 5.15. The molecule has 5 nitrogen and oxygen atoms in total. The van der Waals surface area contributed by atoms with Crippen molar-refractivity contribution >= 4 is 10.0 Å². The van der Waals surface area contributed by atoms with Gasteiger partial charge in [0.05, 0.1) is 13.2 Å². The van der Waals surface area contributed by atoms with Crippen LogP contribution in [-0.2, 0) is 10.0 Å². The Labute approximate surface area is 169 Å². The predicted molar refractivity (Wildman–Crippen MR) is 109 cm³/mol. The summed E-state index contributed by atoms with van der Waals surface area (Å²) in [5, 5.41) is 0. The first kappa shape index (κ1) is 20.0. The number of sulfonamides is 1. The molecule has 1 aromatic rings. The van der Waals surface area contributed by atoms with Crippen molar-refractivity contribution in [1.82, 2.24) is 4.72 Å². The Morgan fingerprint density at radius 3 is 2.18 bits per heavy atom. The van der Waals surface area contributed by atoms with Crippen LogP contribution in [0.3, 0.4) is 0 Å². The van der Waals surface area contributed by atoms with Crippen LogP contribution in [0.4, 0.5) is 0 Å². The van der Waals surface area contributed by atoms with Gasteiger partial charge in [0, 0.05) is 12.6 Å². The summed E-state index contributed by atoms with van der Waals surface area (Å²) < 4.78 is 40.0. The van der Waals surface area contributed by atoms with E-state index in [1.807, 2.05) is 13.8 Å². The molecule has 4 aliphatic rings. The maximum atomic E-state index is 13.0. The molecule has 0 unspecified atom stereocenters. The van der Waals surface area contributed by atoms with Crippen molar-refractivity contribution in [3.8, 4) is 11.5 Å². The molecule has 4 saturated carbocycles. The molecule has 28 heavy (non-hydrogen) atoms. The number of hydrogen-bond donors (Lipinski definition) is 1. The minimum Gasteiger partial charge on any atom is -0.494 e. The molecular formula is C22H33NO4S. The molecule has 0 heterocycles. The van der Waals surface area contributed by atoms with Crippen molar-refractivity contribution in [1.29, 1.82) is 0 Å². The van der Waals surface area contributed by atoms with Gasteiger partial charge >= 0.3 is 0 Å². The van der Waals surface area contributed by atoms with Crippen LogP contribution in [0.15, 0.2) is 23.1 Å². The molecule has 0 radical (unpaired) electrons. The second-order valence-corrected chi connectivity index (χ2v) is 10.8. The van der Waals surface area contributed by atoms with Gasteiger partial charge in [0.25, 0.3) is 0 Å². The van der Waals surface area contributed by atoms with E-state index in [1.165, 1.54) is 38.5 Å². The van der Waals surface area contributed by atoms with Crippen molar-refractivity contribution in [2.45, 2.75) is 63.7 Å². The van der Waals surface area contributed by atoms with Gasteiger partial charge in [-0.2, -0.15) is 0 Å². The third-order valence-electron chi connectivity index (χ3n) is 6.93. The van der Waals surface area contributed by atoms with Gasteiger partial charge in [0.1, 0.15) is 16.4 Å². The molecule has 5 rings (SSSR count). The standard InChI is InChI=1S/C22H33NO4S/c1-3-26-19-5-6-20(27-4-2)21(12-19)28(24,25)23-8-7-22-13-16-9-17(14-22)11-18(10-16)15-22/h5-6,12,16-18,23H,3-4,7-11,13-15H2,1-2H3. The molecule has 6 heteroatoms. The van der Waals surface area contributed by atoms with E-state index >= 15 is 0 Å². The fraction of sp³-hybridized carbons (Fsp3) is 0.727. The number of hydrogen-bond acceptors (Lipinski definition) is 4. The lowest BCUT2D eigenvalue weighted by Gasteiger charge is -2.57. The van der Waals surface area contributed by atoms with E-state index in [1.54, 1.807) is 18.2 Å². The molecule has 4 bridgehead atoms. The molecule has 0 spiro atoms. The van der Waals surface area contributed by atoms with E-state index in [0.717, 1.165) is 24.2 Å². The van der Waals surface area contributed by atoms with E-state index in [-0.39, 0.29) is 4.90 Å². The molecule has 156 valence electrons. The predicted octanol–water partition coefficient (Wildman–Crippen LogP) is 4.37. The van der Waals surface area contributed by atoms with Gasteiger partial charge in [0.2, 0.25) is 10.0 Å². The summed E-state index contributed by atoms with van der Waals surface area (Å²) in [5.41, 5.74) is 0.368. The van der Waals surface area contributed by atoms with Crippen LogP contribution in [0, 0.1) is 23.2 Å². The Hall–Kier alpha value is -1.27. The van der Waals surface area contributed by atoms with Gasteiger partial charge in [-0.05, 0) is 94.1 Å². The molecule has 1 N–H and O–H groups in total. The molecule has 0 amide bonds. The van der Waals surface area contributed by atoms with Crippen LogP contribution in [0.1, 0.15) is 58.8 Å². The molecule has 4 aliphatic carbocycles. The second kappa shape index (κ2) is 7.86. The maximum Gasteiger partial charge on any atom is 0.244 e.